The number of nitrogens with zero attached hydrogens (tertiary/aromatic N) is 1. The number of aliphatic imine (C=N–C) groups is 1. The summed E-state index contributed by atoms with van der Waals surface area (Å²) in [5.74, 6) is 0.319. The number of thioether (sulfide) groups is 1. The van der Waals surface area contributed by atoms with Gasteiger partial charge in [0.25, 0.3) is 0 Å². The molecule has 1 aliphatic heterocycles. The lowest BCUT2D eigenvalue weighted by molar-refractivity contribution is 0.411. The van der Waals surface area contributed by atoms with Crippen molar-refractivity contribution in [2.45, 2.75) is 43.0 Å². The first-order chi connectivity index (χ1) is 8.70. The van der Waals surface area contributed by atoms with Gasteiger partial charge in [-0.1, -0.05) is 12.1 Å². The molecule has 1 aliphatic carbocycles. The van der Waals surface area contributed by atoms with Gasteiger partial charge in [-0.05, 0) is 37.0 Å². The molecule has 3 atom stereocenters. The molecule has 1 aromatic carbocycles. The first kappa shape index (κ1) is 12.1. The number of phenols is 1. The molecule has 0 spiro atoms. The highest BCUT2D eigenvalue weighted by molar-refractivity contribution is 8.14. The summed E-state index contributed by atoms with van der Waals surface area (Å²) < 4.78 is 0. The van der Waals surface area contributed by atoms with Crippen molar-refractivity contribution < 1.29 is 5.11 Å². The second kappa shape index (κ2) is 4.94. The van der Waals surface area contributed by atoms with E-state index in [9.17, 15) is 5.11 Å². The Morgan fingerprint density at radius 1 is 1.28 bits per heavy atom. The van der Waals surface area contributed by atoms with Crippen LogP contribution in [-0.2, 0) is 6.42 Å². The quantitative estimate of drug-likeness (QED) is 0.860. The molecule has 4 heteroatoms. The lowest BCUT2D eigenvalue weighted by Gasteiger charge is -2.27. The monoisotopic (exact) mass is 262 g/mol. The normalized spacial score (nSPS) is 30.9. The van der Waals surface area contributed by atoms with Gasteiger partial charge < -0.3 is 10.8 Å². The van der Waals surface area contributed by atoms with Gasteiger partial charge in [0, 0.05) is 17.7 Å². The lowest BCUT2D eigenvalue weighted by atomic mass is 9.92. The number of hydrogen-bond acceptors (Lipinski definition) is 4. The molecular formula is C14H18N2OS. The molecule has 2 aliphatic rings. The maximum atomic E-state index is 9.27. The number of aromatic hydroxyl groups is 1. The average Bonchev–Trinajstić information content (AvgIpc) is 2.73. The van der Waals surface area contributed by atoms with Crippen LogP contribution in [0, 0.1) is 0 Å². The summed E-state index contributed by atoms with van der Waals surface area (Å²) in [5.41, 5.74) is 7.22. The minimum atomic E-state index is 0.319. The third-order valence-corrected chi connectivity index (χ3v) is 5.02. The Hall–Kier alpha value is -1.00. The van der Waals surface area contributed by atoms with Crippen molar-refractivity contribution in [1.29, 1.82) is 0 Å². The molecule has 1 aromatic rings. The summed E-state index contributed by atoms with van der Waals surface area (Å²) in [5, 5.41) is 11.1. The molecule has 0 aromatic heterocycles. The molecule has 1 heterocycles. The zero-order chi connectivity index (χ0) is 12.5. The summed E-state index contributed by atoms with van der Waals surface area (Å²) in [4.78, 5) is 4.82. The van der Waals surface area contributed by atoms with Gasteiger partial charge in [0.1, 0.15) is 5.75 Å². The molecule has 0 bridgehead atoms. The van der Waals surface area contributed by atoms with E-state index in [0.29, 0.717) is 23.1 Å². The highest BCUT2D eigenvalue weighted by Gasteiger charge is 2.34. The van der Waals surface area contributed by atoms with Gasteiger partial charge >= 0.3 is 0 Å². The summed E-state index contributed by atoms with van der Waals surface area (Å²) in [7, 11) is 0. The zero-order valence-electron chi connectivity index (χ0n) is 10.2. The van der Waals surface area contributed by atoms with Crippen molar-refractivity contribution in [3.63, 3.8) is 0 Å². The van der Waals surface area contributed by atoms with Crippen LogP contribution in [0.1, 0.15) is 24.8 Å². The fourth-order valence-corrected chi connectivity index (χ4v) is 4.18. The van der Waals surface area contributed by atoms with Crippen molar-refractivity contribution in [1.82, 2.24) is 0 Å². The number of nitrogens with two attached hydrogens (primary N) is 1. The Bertz CT molecular complexity index is 457. The van der Waals surface area contributed by atoms with Crippen molar-refractivity contribution in [2.75, 3.05) is 0 Å². The van der Waals surface area contributed by atoms with Gasteiger partial charge in [0.05, 0.1) is 11.1 Å². The fourth-order valence-electron chi connectivity index (χ4n) is 2.68. The molecule has 3 rings (SSSR count). The molecule has 3 N–H and O–H groups in total. The van der Waals surface area contributed by atoms with Crippen molar-refractivity contribution in [3.05, 3.63) is 29.8 Å². The van der Waals surface area contributed by atoms with Gasteiger partial charge in [-0.25, -0.2) is 0 Å². The van der Waals surface area contributed by atoms with Crippen molar-refractivity contribution in [3.8, 4) is 5.75 Å². The van der Waals surface area contributed by atoms with Crippen molar-refractivity contribution >= 4 is 16.8 Å². The standard InChI is InChI=1S/C14H18N2OS/c15-10-3-6-12-13(8-10)18-14(16-12)7-9-1-4-11(17)5-2-9/h1-2,4-5,10,12-13,17H,3,6-8,15H2. The van der Waals surface area contributed by atoms with Gasteiger partial charge in [-0.2, -0.15) is 0 Å². The van der Waals surface area contributed by atoms with Crippen LogP contribution in [0.4, 0.5) is 0 Å². The number of rotatable bonds is 2. The van der Waals surface area contributed by atoms with Gasteiger partial charge in [0.2, 0.25) is 0 Å². The molecule has 0 amide bonds. The van der Waals surface area contributed by atoms with E-state index in [2.05, 4.69) is 0 Å². The van der Waals surface area contributed by atoms with Crippen LogP contribution in [0.25, 0.3) is 0 Å². The van der Waals surface area contributed by atoms with Crippen LogP contribution >= 0.6 is 11.8 Å². The highest BCUT2D eigenvalue weighted by Crippen LogP contribution is 2.37. The Labute approximate surface area is 111 Å². The molecule has 0 saturated heterocycles. The van der Waals surface area contributed by atoms with Crippen LogP contribution in [0.3, 0.4) is 0 Å². The van der Waals surface area contributed by atoms with E-state index in [0.717, 1.165) is 25.7 Å². The molecule has 0 radical (unpaired) electrons. The van der Waals surface area contributed by atoms with E-state index in [4.69, 9.17) is 10.7 Å². The Morgan fingerprint density at radius 3 is 2.83 bits per heavy atom. The Morgan fingerprint density at radius 2 is 2.06 bits per heavy atom. The van der Waals surface area contributed by atoms with E-state index in [-0.39, 0.29) is 0 Å². The topological polar surface area (TPSA) is 58.6 Å². The van der Waals surface area contributed by atoms with Crippen LogP contribution in [-0.4, -0.2) is 27.5 Å². The SMILES string of the molecule is NC1CCC2N=C(Cc3ccc(O)cc3)SC2C1. The minimum absolute atomic E-state index is 0.319. The largest absolute Gasteiger partial charge is 0.508 e. The summed E-state index contributed by atoms with van der Waals surface area (Å²) in [6.45, 7) is 0. The minimum Gasteiger partial charge on any atom is -0.508 e. The van der Waals surface area contributed by atoms with E-state index < -0.39 is 0 Å². The Kier molecular flexibility index (Phi) is 3.31. The summed E-state index contributed by atoms with van der Waals surface area (Å²) in [6.07, 6.45) is 4.22. The molecule has 18 heavy (non-hydrogen) atoms. The third-order valence-electron chi connectivity index (χ3n) is 3.69. The van der Waals surface area contributed by atoms with Crippen LogP contribution in [0.2, 0.25) is 0 Å². The van der Waals surface area contributed by atoms with E-state index >= 15 is 0 Å². The predicted octanol–water partition coefficient (Wildman–Crippen LogP) is 2.33. The second-order valence-electron chi connectivity index (χ2n) is 5.16. The molecule has 96 valence electrons. The van der Waals surface area contributed by atoms with Crippen molar-refractivity contribution in [2.24, 2.45) is 10.7 Å². The van der Waals surface area contributed by atoms with Gasteiger partial charge in [-0.15, -0.1) is 11.8 Å². The Balaban J connectivity index is 1.66. The molecule has 1 fully saturated rings. The molecule has 3 nitrogen and oxygen atoms in total. The zero-order valence-corrected chi connectivity index (χ0v) is 11.1. The first-order valence-corrected chi connectivity index (χ1v) is 7.35. The third kappa shape index (κ3) is 2.54. The molecule has 1 saturated carbocycles. The number of phenolic OH excluding ortho intramolecular Hbond substituents is 1. The lowest BCUT2D eigenvalue weighted by Crippen LogP contribution is -2.35. The first-order valence-electron chi connectivity index (χ1n) is 6.47. The average molecular weight is 262 g/mol. The van der Waals surface area contributed by atoms with Gasteiger partial charge in [-0.3, -0.25) is 4.99 Å². The highest BCUT2D eigenvalue weighted by atomic mass is 32.2. The van der Waals surface area contributed by atoms with Crippen LogP contribution in [0.15, 0.2) is 29.3 Å². The van der Waals surface area contributed by atoms with Crippen LogP contribution < -0.4 is 5.73 Å². The summed E-state index contributed by atoms with van der Waals surface area (Å²) in [6, 6.07) is 8.25. The molecule has 3 unspecified atom stereocenters. The number of hydrogen-bond donors (Lipinski definition) is 2. The van der Waals surface area contributed by atoms with E-state index in [1.54, 1.807) is 12.1 Å². The molecular weight excluding hydrogens is 244 g/mol. The predicted molar refractivity (Wildman–Crippen MR) is 76.2 cm³/mol. The number of benzene rings is 1. The maximum absolute atomic E-state index is 9.27. The fraction of sp³-hybridized carbons (Fsp3) is 0.500. The smallest absolute Gasteiger partial charge is 0.115 e. The second-order valence-corrected chi connectivity index (χ2v) is 6.48. The van der Waals surface area contributed by atoms with Gasteiger partial charge in [0.15, 0.2) is 0 Å². The summed E-state index contributed by atoms with van der Waals surface area (Å²) >= 11 is 1.90. The van der Waals surface area contributed by atoms with E-state index in [1.807, 2.05) is 23.9 Å². The van der Waals surface area contributed by atoms with Crippen LogP contribution in [0.5, 0.6) is 5.75 Å². The number of fused-ring (bicyclic) bond motifs is 1. The van der Waals surface area contributed by atoms with E-state index in [1.165, 1.54) is 10.6 Å². The maximum Gasteiger partial charge on any atom is 0.115 e.